The highest BCUT2D eigenvalue weighted by atomic mass is 19.4. The smallest absolute Gasteiger partial charge is 0.501 e. The molecule has 5 nitrogen and oxygen atoms in total. The van der Waals surface area contributed by atoms with Crippen LogP contribution >= 0.6 is 0 Å². The number of hydrogen-bond acceptors (Lipinski definition) is 4. The second-order valence-electron chi connectivity index (χ2n) is 9.78. The summed E-state index contributed by atoms with van der Waals surface area (Å²) in [5, 5.41) is 3.62. The number of nitrogens with zero attached hydrogens (tertiary/aromatic N) is 2. The van der Waals surface area contributed by atoms with Gasteiger partial charge in [-0.2, -0.15) is 0 Å². The number of halogens is 3. The molecule has 0 amide bonds. The predicted molar refractivity (Wildman–Crippen MR) is 130 cm³/mol. The zero-order valence-electron chi connectivity index (χ0n) is 20.4. The van der Waals surface area contributed by atoms with E-state index in [1.807, 2.05) is 12.3 Å². The molecule has 1 N–H and O–H groups in total. The minimum Gasteiger partial charge on any atom is -0.501 e. The lowest BCUT2D eigenvalue weighted by Gasteiger charge is -2.48. The van der Waals surface area contributed by atoms with Crippen molar-refractivity contribution in [2.75, 3.05) is 25.5 Å². The van der Waals surface area contributed by atoms with Crippen LogP contribution in [-0.4, -0.2) is 42.1 Å². The highest BCUT2D eigenvalue weighted by Gasteiger charge is 2.43. The first-order valence-corrected chi connectivity index (χ1v) is 12.3. The zero-order chi connectivity index (χ0) is 24.8. The van der Waals surface area contributed by atoms with E-state index in [4.69, 9.17) is 4.74 Å². The molecule has 1 aromatic carbocycles. The van der Waals surface area contributed by atoms with Crippen molar-refractivity contribution in [3.8, 4) is 11.4 Å². The number of ether oxygens (including phenoxy) is 2. The van der Waals surface area contributed by atoms with Crippen molar-refractivity contribution >= 4 is 5.69 Å². The van der Waals surface area contributed by atoms with Gasteiger partial charge in [0, 0.05) is 43.0 Å². The van der Waals surface area contributed by atoms with Crippen molar-refractivity contribution in [3.63, 3.8) is 0 Å². The number of alkyl halides is 3. The third-order valence-electron chi connectivity index (χ3n) is 7.71. The SMILES string of the molecule is CCC(C1=CC=C(OC)C(C)C1)N1CCC2(CC1)Nc1cc(OC(F)(F)F)ccc1-n1cccc12. The fraction of sp³-hybridized carbons (Fsp3) is 0.481. The number of benzene rings is 1. The Labute approximate surface area is 204 Å². The standard InChI is InChI=1S/C27H32F3N3O2/c1-4-22(19-7-10-24(34-3)18(2)16-19)32-14-11-26(12-15-32)25-6-5-13-33(25)23-9-8-20(17-21(23)31-26)35-27(28,29)30/h5-10,13,17-18,22,31H,4,11-12,14-16H2,1-3H3. The minimum absolute atomic E-state index is 0.208. The quantitative estimate of drug-likeness (QED) is 0.532. The molecule has 1 aliphatic carbocycles. The number of likely N-dealkylation sites (tertiary alicyclic amines) is 1. The molecule has 5 rings (SSSR count). The van der Waals surface area contributed by atoms with Crippen LogP contribution in [0.5, 0.6) is 5.75 Å². The lowest BCUT2D eigenvalue weighted by Crippen LogP contribution is -2.52. The summed E-state index contributed by atoms with van der Waals surface area (Å²) in [5.74, 6) is 1.19. The van der Waals surface area contributed by atoms with Gasteiger partial charge in [0.05, 0.1) is 29.8 Å². The number of fused-ring (bicyclic) bond motifs is 4. The molecule has 0 radical (unpaired) electrons. The van der Waals surface area contributed by atoms with Gasteiger partial charge in [-0.1, -0.05) is 25.5 Å². The zero-order valence-corrected chi connectivity index (χ0v) is 20.4. The first kappa shape index (κ1) is 23.9. The van der Waals surface area contributed by atoms with Gasteiger partial charge in [0.2, 0.25) is 0 Å². The maximum atomic E-state index is 12.8. The van der Waals surface area contributed by atoms with Gasteiger partial charge in [-0.15, -0.1) is 13.2 Å². The molecule has 8 heteroatoms. The molecule has 1 spiro atoms. The van der Waals surface area contributed by atoms with Gasteiger partial charge in [-0.25, -0.2) is 0 Å². The molecular weight excluding hydrogens is 455 g/mol. The number of rotatable bonds is 5. The third kappa shape index (κ3) is 4.44. The summed E-state index contributed by atoms with van der Waals surface area (Å²) in [6.45, 7) is 6.24. The Bertz CT molecular complexity index is 1140. The predicted octanol–water partition coefficient (Wildman–Crippen LogP) is 6.37. The van der Waals surface area contributed by atoms with Gasteiger partial charge in [-0.05, 0) is 56.0 Å². The van der Waals surface area contributed by atoms with Crippen LogP contribution in [0.1, 0.15) is 45.2 Å². The summed E-state index contributed by atoms with van der Waals surface area (Å²) < 4.78 is 50.2. The molecule has 2 atom stereocenters. The number of hydrogen-bond donors (Lipinski definition) is 1. The van der Waals surface area contributed by atoms with Crippen molar-refractivity contribution in [2.24, 2.45) is 5.92 Å². The van der Waals surface area contributed by atoms with Gasteiger partial charge in [0.15, 0.2) is 0 Å². The van der Waals surface area contributed by atoms with E-state index in [9.17, 15) is 13.2 Å². The molecule has 188 valence electrons. The molecule has 3 aliphatic rings. The highest BCUT2D eigenvalue weighted by Crippen LogP contribution is 2.45. The van der Waals surface area contributed by atoms with Crippen LogP contribution in [0.3, 0.4) is 0 Å². The maximum Gasteiger partial charge on any atom is 0.573 e. The largest absolute Gasteiger partial charge is 0.573 e. The first-order chi connectivity index (χ1) is 16.7. The van der Waals surface area contributed by atoms with E-state index < -0.39 is 6.36 Å². The van der Waals surface area contributed by atoms with E-state index in [-0.39, 0.29) is 11.3 Å². The molecule has 1 aromatic heterocycles. The molecule has 1 saturated heterocycles. The topological polar surface area (TPSA) is 38.7 Å². The number of anilines is 1. The van der Waals surface area contributed by atoms with Crippen LogP contribution < -0.4 is 10.1 Å². The summed E-state index contributed by atoms with van der Waals surface area (Å²) in [6, 6.07) is 9.00. The van der Waals surface area contributed by atoms with E-state index in [2.05, 4.69) is 51.6 Å². The summed E-state index contributed by atoms with van der Waals surface area (Å²) in [7, 11) is 1.73. The number of piperidine rings is 1. The Kier molecular flexibility index (Phi) is 6.11. The van der Waals surface area contributed by atoms with Gasteiger partial charge < -0.3 is 19.4 Å². The normalized spacial score (nSPS) is 22.4. The van der Waals surface area contributed by atoms with Crippen molar-refractivity contribution in [3.05, 3.63) is 65.7 Å². The van der Waals surface area contributed by atoms with Gasteiger partial charge in [-0.3, -0.25) is 4.90 Å². The Balaban J connectivity index is 1.38. The number of aromatic nitrogens is 1. The average Bonchev–Trinajstić information content (AvgIpc) is 3.31. The van der Waals surface area contributed by atoms with Crippen LogP contribution in [0.4, 0.5) is 18.9 Å². The fourth-order valence-corrected chi connectivity index (χ4v) is 6.07. The first-order valence-electron chi connectivity index (χ1n) is 12.3. The van der Waals surface area contributed by atoms with Crippen LogP contribution in [0, 0.1) is 5.92 Å². The Hall–Kier alpha value is -2.87. The summed E-state index contributed by atoms with van der Waals surface area (Å²) in [5.41, 5.74) is 3.76. The molecule has 35 heavy (non-hydrogen) atoms. The second-order valence-corrected chi connectivity index (χ2v) is 9.78. The van der Waals surface area contributed by atoms with Gasteiger partial charge in [0.1, 0.15) is 5.75 Å². The minimum atomic E-state index is -4.72. The lowest BCUT2D eigenvalue weighted by molar-refractivity contribution is -0.274. The number of nitrogens with one attached hydrogen (secondary N) is 1. The van der Waals surface area contributed by atoms with E-state index in [1.54, 1.807) is 13.2 Å². The van der Waals surface area contributed by atoms with Crippen molar-refractivity contribution in [1.29, 1.82) is 0 Å². The molecule has 2 aromatic rings. The number of methoxy groups -OCH3 is 1. The monoisotopic (exact) mass is 487 g/mol. The molecular formula is C27H32F3N3O2. The van der Waals surface area contributed by atoms with E-state index in [1.165, 1.54) is 17.7 Å². The highest BCUT2D eigenvalue weighted by molar-refractivity contribution is 5.69. The van der Waals surface area contributed by atoms with E-state index in [0.717, 1.165) is 55.9 Å². The molecule has 0 saturated carbocycles. The van der Waals surface area contributed by atoms with Crippen LogP contribution in [0.15, 0.2) is 60.0 Å². The van der Waals surface area contributed by atoms with Crippen molar-refractivity contribution in [2.45, 2.75) is 57.5 Å². The van der Waals surface area contributed by atoms with Crippen molar-refractivity contribution in [1.82, 2.24) is 9.47 Å². The summed E-state index contributed by atoms with van der Waals surface area (Å²) in [4.78, 5) is 2.56. The molecule has 1 fully saturated rings. The second kappa shape index (κ2) is 8.97. The molecule has 2 unspecified atom stereocenters. The van der Waals surface area contributed by atoms with E-state index in [0.29, 0.717) is 17.6 Å². The van der Waals surface area contributed by atoms with Crippen molar-refractivity contribution < 1.29 is 22.6 Å². The maximum absolute atomic E-state index is 12.8. The molecule has 2 aliphatic heterocycles. The van der Waals surface area contributed by atoms with Gasteiger partial charge >= 0.3 is 6.36 Å². The number of allylic oxidation sites excluding steroid dienone is 3. The lowest BCUT2D eigenvalue weighted by atomic mass is 9.80. The summed E-state index contributed by atoms with van der Waals surface area (Å²) in [6.07, 6.45) is 5.34. The van der Waals surface area contributed by atoms with Crippen LogP contribution in [-0.2, 0) is 10.3 Å². The van der Waals surface area contributed by atoms with Crippen LogP contribution in [0.25, 0.3) is 5.69 Å². The van der Waals surface area contributed by atoms with E-state index >= 15 is 0 Å². The third-order valence-corrected chi connectivity index (χ3v) is 7.71. The summed E-state index contributed by atoms with van der Waals surface area (Å²) >= 11 is 0. The fourth-order valence-electron chi connectivity index (χ4n) is 6.07. The average molecular weight is 488 g/mol. The van der Waals surface area contributed by atoms with Crippen LogP contribution in [0.2, 0.25) is 0 Å². The Morgan fingerprint density at radius 1 is 1.17 bits per heavy atom. The Morgan fingerprint density at radius 2 is 1.94 bits per heavy atom. The molecule has 3 heterocycles. The van der Waals surface area contributed by atoms with Gasteiger partial charge in [0.25, 0.3) is 0 Å². The molecule has 0 bridgehead atoms. The Morgan fingerprint density at radius 3 is 2.60 bits per heavy atom.